The van der Waals surface area contributed by atoms with Crippen molar-refractivity contribution in [3.8, 4) is 0 Å². The Labute approximate surface area is 168 Å². The molecule has 1 unspecified atom stereocenters. The van der Waals surface area contributed by atoms with Crippen LogP contribution in [0.5, 0.6) is 0 Å². The molecule has 0 amide bonds. The second kappa shape index (κ2) is 8.19. The van der Waals surface area contributed by atoms with Crippen LogP contribution < -0.4 is 21.2 Å². The predicted molar refractivity (Wildman–Crippen MR) is 112 cm³/mol. The summed E-state index contributed by atoms with van der Waals surface area (Å²) in [6.07, 6.45) is 4.27. The number of anilines is 1. The maximum absolute atomic E-state index is 14.6. The van der Waals surface area contributed by atoms with E-state index < -0.39 is 0 Å². The molecule has 0 aliphatic carbocycles. The molecule has 2 N–H and O–H groups in total. The number of piperazine rings is 1. The van der Waals surface area contributed by atoms with Crippen molar-refractivity contribution in [3.05, 3.63) is 45.2 Å². The van der Waals surface area contributed by atoms with Gasteiger partial charge in [0.25, 0.3) is 0 Å². The summed E-state index contributed by atoms with van der Waals surface area (Å²) < 4.78 is 19.9. The van der Waals surface area contributed by atoms with Gasteiger partial charge in [-0.1, -0.05) is 13.8 Å². The summed E-state index contributed by atoms with van der Waals surface area (Å²) >= 11 is 1.74. The van der Waals surface area contributed by atoms with Crippen LogP contribution in [0.1, 0.15) is 36.6 Å². The second-order valence-electron chi connectivity index (χ2n) is 7.62. The van der Waals surface area contributed by atoms with Crippen LogP contribution in [-0.2, 0) is 4.74 Å². The van der Waals surface area contributed by atoms with Gasteiger partial charge < -0.3 is 20.3 Å². The van der Waals surface area contributed by atoms with E-state index in [-0.39, 0.29) is 5.82 Å². The molecule has 1 atom stereocenters. The van der Waals surface area contributed by atoms with Crippen molar-refractivity contribution in [1.82, 2.24) is 15.2 Å². The zero-order valence-electron chi connectivity index (χ0n) is 16.6. The topological polar surface area (TPSA) is 49.4 Å². The predicted octanol–water partition coefficient (Wildman–Crippen LogP) is 2.04. The first-order valence-corrected chi connectivity index (χ1v) is 10.6. The molecule has 0 aromatic carbocycles. The summed E-state index contributed by atoms with van der Waals surface area (Å²) in [4.78, 5) is 8.28. The van der Waals surface area contributed by atoms with Crippen LogP contribution in [0.25, 0.3) is 11.9 Å². The molecule has 0 saturated carbocycles. The Hall–Kier alpha value is -1.96. The van der Waals surface area contributed by atoms with E-state index in [4.69, 9.17) is 4.74 Å². The van der Waals surface area contributed by atoms with E-state index in [1.165, 1.54) is 10.9 Å². The Balaban J connectivity index is 1.85. The van der Waals surface area contributed by atoms with Gasteiger partial charge in [-0.25, -0.2) is 4.39 Å². The molecule has 28 heavy (non-hydrogen) atoms. The zero-order chi connectivity index (χ0) is 19.7. The standard InChI is InChI=1S/C21H27FN4OS/c1-13(2)18-10-15-20(26-8-7-23-14(12-26)5-9-27-3)19-16(11-25-21(15)28-18)17(22)4-6-24-19/h4,6,10-11,13-14,23,25H,5,7-9,12H2,1-3H3. The highest BCUT2D eigenvalue weighted by Gasteiger charge is 2.27. The maximum Gasteiger partial charge on any atom is 0.135 e. The summed E-state index contributed by atoms with van der Waals surface area (Å²) in [6, 6.07) is 4.01. The highest BCUT2D eigenvalue weighted by atomic mass is 32.1. The molecule has 4 heterocycles. The molecule has 0 spiro atoms. The molecule has 150 valence electrons. The van der Waals surface area contributed by atoms with Crippen molar-refractivity contribution in [2.75, 3.05) is 38.7 Å². The lowest BCUT2D eigenvalue weighted by Crippen LogP contribution is -2.52. The molecule has 0 bridgehead atoms. The first kappa shape index (κ1) is 19.4. The highest BCUT2D eigenvalue weighted by Crippen LogP contribution is 2.37. The summed E-state index contributed by atoms with van der Waals surface area (Å²) in [5.74, 6) is 0.192. The smallest absolute Gasteiger partial charge is 0.135 e. The largest absolute Gasteiger partial charge is 0.385 e. The number of ether oxygens (including phenoxy) is 1. The minimum atomic E-state index is -0.250. The number of nitrogens with zero attached hydrogens (tertiary/aromatic N) is 2. The summed E-state index contributed by atoms with van der Waals surface area (Å²) in [5, 5.41) is 9.21. The highest BCUT2D eigenvalue weighted by molar-refractivity contribution is 7.16. The number of rotatable bonds is 5. The molecule has 1 fully saturated rings. The molecule has 1 saturated heterocycles. The van der Waals surface area contributed by atoms with Crippen LogP contribution >= 0.6 is 11.3 Å². The Bertz CT molecular complexity index is 971. The Morgan fingerprint density at radius 1 is 1.43 bits per heavy atom. The van der Waals surface area contributed by atoms with Crippen LogP contribution in [0.3, 0.4) is 0 Å². The van der Waals surface area contributed by atoms with E-state index in [0.29, 0.717) is 22.5 Å². The molecule has 7 heteroatoms. The molecule has 2 aliphatic rings. The first-order chi connectivity index (χ1) is 13.6. The maximum atomic E-state index is 14.6. The average Bonchev–Trinajstić information content (AvgIpc) is 3.04. The number of thiophene rings is 1. The number of halogens is 1. The van der Waals surface area contributed by atoms with E-state index in [2.05, 4.69) is 40.4 Å². The molecule has 5 nitrogen and oxygen atoms in total. The van der Waals surface area contributed by atoms with Crippen molar-refractivity contribution in [2.24, 2.45) is 0 Å². The third-order valence-electron chi connectivity index (χ3n) is 5.33. The molecule has 2 aliphatic heterocycles. The zero-order valence-corrected chi connectivity index (χ0v) is 17.4. The van der Waals surface area contributed by atoms with E-state index >= 15 is 0 Å². The molecule has 4 rings (SSSR count). The van der Waals surface area contributed by atoms with Crippen LogP contribution in [0.15, 0.2) is 18.3 Å². The lowest BCUT2D eigenvalue weighted by molar-refractivity contribution is 0.166. The number of hydrogen-bond acceptors (Lipinski definition) is 6. The van der Waals surface area contributed by atoms with Gasteiger partial charge in [0.15, 0.2) is 0 Å². The number of aromatic nitrogens is 1. The molecule has 2 aromatic rings. The van der Waals surface area contributed by atoms with Gasteiger partial charge in [-0.05, 0) is 24.5 Å². The van der Waals surface area contributed by atoms with E-state index in [0.717, 1.165) is 48.9 Å². The lowest BCUT2D eigenvalue weighted by Gasteiger charge is -2.36. The van der Waals surface area contributed by atoms with Crippen LogP contribution in [-0.4, -0.2) is 49.3 Å². The molecule has 0 radical (unpaired) electrons. The fourth-order valence-corrected chi connectivity index (χ4v) is 4.85. The minimum Gasteiger partial charge on any atom is -0.385 e. The number of nitrogens with one attached hydrogen (secondary N) is 2. The van der Waals surface area contributed by atoms with Crippen molar-refractivity contribution < 1.29 is 9.13 Å². The van der Waals surface area contributed by atoms with Crippen LogP contribution in [0, 0.1) is 5.82 Å². The van der Waals surface area contributed by atoms with E-state index in [1.54, 1.807) is 30.8 Å². The number of fused-ring (bicyclic) bond motifs is 2. The first-order valence-electron chi connectivity index (χ1n) is 9.81. The van der Waals surface area contributed by atoms with Gasteiger partial charge in [0.1, 0.15) is 10.8 Å². The van der Waals surface area contributed by atoms with Gasteiger partial charge in [-0.15, -0.1) is 11.3 Å². The van der Waals surface area contributed by atoms with Crippen molar-refractivity contribution in [3.63, 3.8) is 0 Å². The Morgan fingerprint density at radius 3 is 3.07 bits per heavy atom. The van der Waals surface area contributed by atoms with E-state index in [9.17, 15) is 4.39 Å². The van der Waals surface area contributed by atoms with Crippen molar-refractivity contribution >= 4 is 28.2 Å². The third kappa shape index (κ3) is 3.66. The van der Waals surface area contributed by atoms with Crippen molar-refractivity contribution in [1.29, 1.82) is 0 Å². The van der Waals surface area contributed by atoms with Crippen LogP contribution in [0.2, 0.25) is 0 Å². The van der Waals surface area contributed by atoms with Gasteiger partial charge in [0.2, 0.25) is 0 Å². The number of pyridine rings is 1. The summed E-state index contributed by atoms with van der Waals surface area (Å²) in [7, 11) is 1.73. The fourth-order valence-electron chi connectivity index (χ4n) is 3.82. The van der Waals surface area contributed by atoms with Gasteiger partial charge in [0, 0.05) is 62.2 Å². The number of methoxy groups -OCH3 is 1. The SMILES string of the molecule is COCCC1CN(C2=c3nccc(F)c3=CNc3sc(C(C)C)cc32)CCN1. The number of hydrogen-bond donors (Lipinski definition) is 2. The summed E-state index contributed by atoms with van der Waals surface area (Å²) in [6.45, 7) is 7.72. The Morgan fingerprint density at radius 2 is 2.29 bits per heavy atom. The Kier molecular flexibility index (Phi) is 5.66. The summed E-state index contributed by atoms with van der Waals surface area (Å²) in [5.41, 5.74) is 2.15. The third-order valence-corrected chi connectivity index (χ3v) is 6.69. The van der Waals surface area contributed by atoms with Crippen molar-refractivity contribution in [2.45, 2.75) is 32.2 Å². The van der Waals surface area contributed by atoms with Gasteiger partial charge in [0.05, 0.1) is 16.3 Å². The minimum absolute atomic E-state index is 0.250. The quantitative estimate of drug-likeness (QED) is 0.802. The van der Waals surface area contributed by atoms with Crippen LogP contribution in [0.4, 0.5) is 9.39 Å². The van der Waals surface area contributed by atoms with Gasteiger partial charge in [-0.2, -0.15) is 0 Å². The average molecular weight is 403 g/mol. The van der Waals surface area contributed by atoms with Gasteiger partial charge in [-0.3, -0.25) is 4.98 Å². The molecule has 2 aromatic heterocycles. The normalized spacial score (nSPS) is 19.0. The monoisotopic (exact) mass is 402 g/mol. The molecular formula is C21H27FN4OS. The van der Waals surface area contributed by atoms with Gasteiger partial charge >= 0.3 is 0 Å². The fraction of sp³-hybridized carbons (Fsp3) is 0.476. The lowest BCUT2D eigenvalue weighted by atomic mass is 10.1. The molecular weight excluding hydrogens is 375 g/mol. The van der Waals surface area contributed by atoms with E-state index in [1.807, 2.05) is 0 Å². The second-order valence-corrected chi connectivity index (χ2v) is 8.70.